The lowest BCUT2D eigenvalue weighted by Crippen LogP contribution is -2.32. The summed E-state index contributed by atoms with van der Waals surface area (Å²) in [6.45, 7) is 7.27. The molecule has 0 N–H and O–H groups in total. The molecule has 0 aliphatic carbocycles. The lowest BCUT2D eigenvalue weighted by atomic mass is 10.3. The molecule has 0 spiro atoms. The third kappa shape index (κ3) is 4.20. The molecular formula is C14H22BrNO3S. The maximum absolute atomic E-state index is 12.8. The van der Waals surface area contributed by atoms with Gasteiger partial charge in [0.15, 0.2) is 0 Å². The Morgan fingerprint density at radius 2 is 1.75 bits per heavy atom. The zero-order valence-corrected chi connectivity index (χ0v) is 14.6. The third-order valence-corrected chi connectivity index (χ3v) is 5.18. The Morgan fingerprint density at radius 3 is 2.25 bits per heavy atom. The maximum Gasteiger partial charge on any atom is 0.246 e. The van der Waals surface area contributed by atoms with Gasteiger partial charge in [-0.25, -0.2) is 8.42 Å². The van der Waals surface area contributed by atoms with Crippen LogP contribution in [0.5, 0.6) is 5.75 Å². The van der Waals surface area contributed by atoms with Gasteiger partial charge < -0.3 is 4.74 Å². The van der Waals surface area contributed by atoms with Crippen LogP contribution in [0, 0.1) is 0 Å². The molecule has 0 saturated heterocycles. The van der Waals surface area contributed by atoms with Gasteiger partial charge in [-0.3, -0.25) is 0 Å². The van der Waals surface area contributed by atoms with Crippen molar-refractivity contribution in [2.24, 2.45) is 0 Å². The molecule has 0 fully saturated rings. The van der Waals surface area contributed by atoms with Crippen LogP contribution >= 0.6 is 15.9 Å². The molecule has 0 atom stereocenters. The van der Waals surface area contributed by atoms with Gasteiger partial charge in [0.05, 0.1) is 6.61 Å². The van der Waals surface area contributed by atoms with Gasteiger partial charge in [0, 0.05) is 17.6 Å². The molecule has 0 aliphatic rings. The number of rotatable bonds is 8. The second-order valence-electron chi connectivity index (χ2n) is 4.43. The fourth-order valence-corrected chi connectivity index (χ4v) is 4.24. The molecule has 0 saturated carbocycles. The predicted octanol–water partition coefficient (Wildman–Crippen LogP) is 3.66. The number of ether oxygens (including phenoxy) is 1. The van der Waals surface area contributed by atoms with E-state index < -0.39 is 10.0 Å². The topological polar surface area (TPSA) is 46.6 Å². The normalized spacial score (nSPS) is 11.8. The van der Waals surface area contributed by atoms with E-state index in [0.29, 0.717) is 25.4 Å². The van der Waals surface area contributed by atoms with Crippen LogP contribution in [0.1, 0.15) is 33.6 Å². The first kappa shape index (κ1) is 17.5. The highest BCUT2D eigenvalue weighted by Crippen LogP contribution is 2.30. The molecule has 0 unspecified atom stereocenters. The summed E-state index contributed by atoms with van der Waals surface area (Å²) in [5.74, 6) is 0.410. The lowest BCUT2D eigenvalue weighted by Gasteiger charge is -2.22. The fraction of sp³-hybridized carbons (Fsp3) is 0.571. The Kier molecular flexibility index (Phi) is 6.99. The van der Waals surface area contributed by atoms with E-state index in [2.05, 4.69) is 15.9 Å². The van der Waals surface area contributed by atoms with Gasteiger partial charge in [-0.05, 0) is 38.0 Å². The number of hydrogen-bond donors (Lipinski definition) is 0. The van der Waals surface area contributed by atoms with Crippen LogP contribution in [0.3, 0.4) is 0 Å². The molecule has 0 radical (unpaired) electrons. The molecule has 6 heteroatoms. The Morgan fingerprint density at radius 1 is 1.15 bits per heavy atom. The first-order valence-corrected chi connectivity index (χ1v) is 9.13. The zero-order valence-electron chi connectivity index (χ0n) is 12.2. The fourth-order valence-electron chi connectivity index (χ4n) is 1.95. The molecule has 1 aromatic carbocycles. The van der Waals surface area contributed by atoms with E-state index in [1.54, 1.807) is 18.2 Å². The van der Waals surface area contributed by atoms with Crippen LogP contribution in [0.25, 0.3) is 0 Å². The molecule has 0 bridgehead atoms. The average molecular weight is 364 g/mol. The van der Waals surface area contributed by atoms with E-state index in [4.69, 9.17) is 4.74 Å². The quantitative estimate of drug-likeness (QED) is 0.707. The predicted molar refractivity (Wildman–Crippen MR) is 84.7 cm³/mol. The minimum Gasteiger partial charge on any atom is -0.492 e. The summed E-state index contributed by atoms with van der Waals surface area (Å²) < 4.78 is 33.3. The average Bonchev–Trinajstić information content (AvgIpc) is 2.40. The van der Waals surface area contributed by atoms with E-state index in [9.17, 15) is 8.42 Å². The summed E-state index contributed by atoms with van der Waals surface area (Å²) >= 11 is 3.33. The van der Waals surface area contributed by atoms with Crippen LogP contribution in [-0.4, -0.2) is 32.4 Å². The highest BCUT2D eigenvalue weighted by atomic mass is 79.9. The van der Waals surface area contributed by atoms with Crippen molar-refractivity contribution in [2.75, 3.05) is 19.7 Å². The van der Waals surface area contributed by atoms with Crippen LogP contribution in [-0.2, 0) is 10.0 Å². The number of halogens is 1. The van der Waals surface area contributed by atoms with E-state index in [0.717, 1.165) is 17.3 Å². The first-order valence-electron chi connectivity index (χ1n) is 6.89. The largest absolute Gasteiger partial charge is 0.492 e. The van der Waals surface area contributed by atoms with E-state index in [1.807, 2.05) is 20.8 Å². The Balaban J connectivity index is 3.27. The number of hydrogen-bond acceptors (Lipinski definition) is 3. The van der Waals surface area contributed by atoms with Gasteiger partial charge in [-0.1, -0.05) is 29.8 Å². The maximum atomic E-state index is 12.8. The summed E-state index contributed by atoms with van der Waals surface area (Å²) in [5.41, 5.74) is 0. The van der Waals surface area contributed by atoms with Crippen molar-refractivity contribution in [3.8, 4) is 5.75 Å². The molecule has 114 valence electrons. The van der Waals surface area contributed by atoms with Crippen molar-refractivity contribution < 1.29 is 13.2 Å². The second-order valence-corrected chi connectivity index (χ2v) is 7.25. The molecule has 1 aromatic rings. The van der Waals surface area contributed by atoms with E-state index in [-0.39, 0.29) is 4.90 Å². The lowest BCUT2D eigenvalue weighted by molar-refractivity contribution is 0.328. The highest BCUT2D eigenvalue weighted by molar-refractivity contribution is 9.10. The minimum atomic E-state index is -3.52. The monoisotopic (exact) mass is 363 g/mol. The van der Waals surface area contributed by atoms with Gasteiger partial charge in [0.2, 0.25) is 10.0 Å². The van der Waals surface area contributed by atoms with Crippen LogP contribution in [0.2, 0.25) is 0 Å². The number of nitrogens with zero attached hydrogens (tertiary/aromatic N) is 1. The Bertz CT molecular complexity index is 525. The first-order chi connectivity index (χ1) is 9.47. The third-order valence-electron chi connectivity index (χ3n) is 2.77. The van der Waals surface area contributed by atoms with Crippen LogP contribution in [0.4, 0.5) is 0 Å². The molecule has 1 rings (SSSR count). The molecular weight excluding hydrogens is 342 g/mol. The molecule has 0 aliphatic heterocycles. The van der Waals surface area contributed by atoms with Crippen molar-refractivity contribution in [3.05, 3.63) is 22.7 Å². The van der Waals surface area contributed by atoms with Crippen molar-refractivity contribution in [2.45, 2.75) is 38.5 Å². The standard InChI is InChI=1S/C14H22BrNO3S/c1-4-9-16(10-5-2)20(17,18)14-11-12(15)7-8-13(14)19-6-3/h7-8,11H,4-6,9-10H2,1-3H3. The minimum absolute atomic E-state index is 0.232. The van der Waals surface area contributed by atoms with Crippen molar-refractivity contribution in [1.82, 2.24) is 4.31 Å². The smallest absolute Gasteiger partial charge is 0.246 e. The molecule has 0 amide bonds. The summed E-state index contributed by atoms with van der Waals surface area (Å²) in [6.07, 6.45) is 1.58. The van der Waals surface area contributed by atoms with Crippen molar-refractivity contribution in [3.63, 3.8) is 0 Å². The van der Waals surface area contributed by atoms with Gasteiger partial charge >= 0.3 is 0 Å². The molecule has 0 heterocycles. The summed E-state index contributed by atoms with van der Waals surface area (Å²) in [6, 6.07) is 5.09. The zero-order chi connectivity index (χ0) is 15.2. The van der Waals surface area contributed by atoms with Crippen LogP contribution in [0.15, 0.2) is 27.6 Å². The van der Waals surface area contributed by atoms with Gasteiger partial charge in [0.25, 0.3) is 0 Å². The van der Waals surface area contributed by atoms with Crippen molar-refractivity contribution in [1.29, 1.82) is 0 Å². The number of benzene rings is 1. The molecule has 0 aromatic heterocycles. The van der Waals surface area contributed by atoms with Gasteiger partial charge in [0.1, 0.15) is 10.6 Å². The Hall–Kier alpha value is -0.590. The second kappa shape index (κ2) is 8.00. The SMILES string of the molecule is CCCN(CCC)S(=O)(=O)c1cc(Br)ccc1OCC. The van der Waals surface area contributed by atoms with Gasteiger partial charge in [-0.2, -0.15) is 4.31 Å². The summed E-state index contributed by atoms with van der Waals surface area (Å²) in [7, 11) is -3.52. The molecule has 4 nitrogen and oxygen atoms in total. The summed E-state index contributed by atoms with van der Waals surface area (Å²) in [4.78, 5) is 0.232. The number of sulfonamides is 1. The molecule has 20 heavy (non-hydrogen) atoms. The van der Waals surface area contributed by atoms with E-state index in [1.165, 1.54) is 4.31 Å². The summed E-state index contributed by atoms with van der Waals surface area (Å²) in [5, 5.41) is 0. The highest BCUT2D eigenvalue weighted by Gasteiger charge is 2.26. The Labute approximate surface area is 130 Å². The van der Waals surface area contributed by atoms with Gasteiger partial charge in [-0.15, -0.1) is 0 Å². The van der Waals surface area contributed by atoms with E-state index >= 15 is 0 Å². The van der Waals surface area contributed by atoms with Crippen molar-refractivity contribution >= 4 is 26.0 Å². The van der Waals surface area contributed by atoms with Crippen LogP contribution < -0.4 is 4.74 Å².